The quantitative estimate of drug-likeness (QED) is 0.357. The number of imide groups is 1. The molecule has 1 N–H and O–H groups in total. The molecule has 2 rings (SSSR count). The number of carbonyl (C=O) groups excluding carboxylic acids is 2. The van der Waals surface area contributed by atoms with Gasteiger partial charge >= 0.3 is 0 Å². The van der Waals surface area contributed by atoms with Crippen molar-refractivity contribution >= 4 is 11.8 Å². The van der Waals surface area contributed by atoms with E-state index < -0.39 is 11.8 Å². The number of amides is 2. The predicted octanol–water partition coefficient (Wildman–Crippen LogP) is 1.19. The van der Waals surface area contributed by atoms with E-state index in [0.717, 1.165) is 6.42 Å². The number of hydrogen-bond acceptors (Lipinski definition) is 3. The third kappa shape index (κ3) is 2.40. The molecule has 74 valence electrons. The van der Waals surface area contributed by atoms with Crippen molar-refractivity contribution in [1.82, 2.24) is 5.06 Å². The molecular weight excluding hydrogens is 182 g/mol. The highest BCUT2D eigenvalue weighted by Gasteiger charge is 2.30. The number of nitrogens with zero attached hydrogens (tertiary/aromatic N) is 1. The second-order valence-corrected chi connectivity index (χ2v) is 2.88. The highest BCUT2D eigenvalue weighted by atomic mass is 16.5. The summed E-state index contributed by atoms with van der Waals surface area (Å²) in [5.41, 5.74) is 0.141. The summed E-state index contributed by atoms with van der Waals surface area (Å²) in [4.78, 5) is 20.9. The van der Waals surface area contributed by atoms with Gasteiger partial charge in [0.15, 0.2) is 0 Å². The van der Waals surface area contributed by atoms with Crippen LogP contribution in [0.1, 0.15) is 12.8 Å². The predicted molar refractivity (Wildman–Crippen MR) is 50.3 cm³/mol. The molecule has 0 unspecified atom stereocenters. The Morgan fingerprint density at radius 2 is 1.86 bits per heavy atom. The first-order valence-electron chi connectivity index (χ1n) is 4.18. The molecule has 0 spiro atoms. The largest absolute Gasteiger partial charge is 0.280 e. The topological polar surface area (TPSA) is 57.6 Å². The number of rotatable bonds is 0. The average molecular weight is 193 g/mol. The summed E-state index contributed by atoms with van der Waals surface area (Å²) in [6, 6.07) is 0. The molecule has 0 atom stereocenters. The molecular formula is C10H11NO3. The van der Waals surface area contributed by atoms with Gasteiger partial charge in [0.1, 0.15) is 0 Å². The molecule has 4 heteroatoms. The third-order valence-corrected chi connectivity index (χ3v) is 1.75. The first-order chi connectivity index (χ1) is 6.63. The van der Waals surface area contributed by atoms with Gasteiger partial charge in [0.25, 0.3) is 11.8 Å². The Morgan fingerprint density at radius 3 is 2.00 bits per heavy atom. The smallest absolute Gasteiger partial charge is 0.278 e. The first-order valence-corrected chi connectivity index (χ1v) is 4.18. The van der Waals surface area contributed by atoms with Crippen molar-refractivity contribution in [3.05, 3.63) is 36.5 Å². The number of hydroxylamine groups is 2. The van der Waals surface area contributed by atoms with Crippen molar-refractivity contribution in [2.24, 2.45) is 0 Å². The van der Waals surface area contributed by atoms with E-state index in [1.54, 1.807) is 0 Å². The summed E-state index contributed by atoms with van der Waals surface area (Å²) in [6.45, 7) is 3.26. The molecule has 0 bridgehead atoms. The fraction of sp³-hybridized carbons (Fsp3) is 0.200. The van der Waals surface area contributed by atoms with Crippen LogP contribution in [0.3, 0.4) is 0 Å². The lowest BCUT2D eigenvalue weighted by atomic mass is 10.3. The van der Waals surface area contributed by atoms with Crippen LogP contribution in [0.2, 0.25) is 0 Å². The lowest BCUT2D eigenvalue weighted by molar-refractivity contribution is -0.170. The van der Waals surface area contributed by atoms with Crippen LogP contribution >= 0.6 is 0 Å². The summed E-state index contributed by atoms with van der Waals surface area (Å²) < 4.78 is 0. The van der Waals surface area contributed by atoms with E-state index in [2.05, 4.69) is 30.9 Å². The minimum absolute atomic E-state index is 0.0602. The summed E-state index contributed by atoms with van der Waals surface area (Å²) in [5, 5.41) is 8.60. The Balaban J connectivity index is 0.000000165. The van der Waals surface area contributed by atoms with E-state index in [4.69, 9.17) is 5.21 Å². The van der Waals surface area contributed by atoms with Crippen LogP contribution in [-0.2, 0) is 9.59 Å². The second kappa shape index (κ2) is 4.53. The van der Waals surface area contributed by atoms with E-state index in [-0.39, 0.29) is 17.1 Å². The molecule has 2 aliphatic rings. The monoisotopic (exact) mass is 193 g/mol. The van der Waals surface area contributed by atoms with Crippen LogP contribution in [0.25, 0.3) is 0 Å². The van der Waals surface area contributed by atoms with Crippen LogP contribution in [0.5, 0.6) is 0 Å². The molecule has 1 aliphatic heterocycles. The van der Waals surface area contributed by atoms with Crippen molar-refractivity contribution in [2.75, 3.05) is 0 Å². The number of hydrogen-bond donors (Lipinski definition) is 1. The Labute approximate surface area is 81.8 Å². The molecule has 1 saturated heterocycles. The molecule has 1 aliphatic carbocycles. The lowest BCUT2D eigenvalue weighted by Crippen LogP contribution is -2.24. The summed E-state index contributed by atoms with van der Waals surface area (Å²) >= 11 is 0. The van der Waals surface area contributed by atoms with E-state index in [1.807, 2.05) is 0 Å². The van der Waals surface area contributed by atoms with E-state index in [1.165, 1.54) is 0 Å². The molecule has 0 aromatic rings. The maximum Gasteiger partial charge on any atom is 0.280 e. The number of carbonyl (C=O) groups is 2. The molecule has 1 fully saturated rings. The minimum Gasteiger partial charge on any atom is -0.278 e. The van der Waals surface area contributed by atoms with Gasteiger partial charge in [-0.15, -0.1) is 0 Å². The van der Waals surface area contributed by atoms with Gasteiger partial charge in [-0.2, -0.15) is 5.06 Å². The highest BCUT2D eigenvalue weighted by molar-refractivity contribution is 6.11. The van der Waals surface area contributed by atoms with Gasteiger partial charge in [-0.3, -0.25) is 14.8 Å². The van der Waals surface area contributed by atoms with Crippen LogP contribution in [0, 0.1) is 0 Å². The van der Waals surface area contributed by atoms with Gasteiger partial charge in [0.05, 0.1) is 6.42 Å². The Morgan fingerprint density at radius 1 is 1.29 bits per heavy atom. The number of allylic oxidation sites excluding steroid dienone is 4. The van der Waals surface area contributed by atoms with Gasteiger partial charge in [-0.1, -0.05) is 30.9 Å². The van der Waals surface area contributed by atoms with Crippen LogP contribution < -0.4 is 0 Å². The Kier molecular flexibility index (Phi) is 3.36. The van der Waals surface area contributed by atoms with Crippen molar-refractivity contribution in [2.45, 2.75) is 12.8 Å². The van der Waals surface area contributed by atoms with Gasteiger partial charge in [0, 0.05) is 5.57 Å². The zero-order chi connectivity index (χ0) is 10.6. The van der Waals surface area contributed by atoms with Crippen LogP contribution in [0.15, 0.2) is 36.5 Å². The molecule has 0 radical (unpaired) electrons. The SMILES string of the molecule is C1=CCC=C1.C=C1CC(=O)N(O)C1=O. The fourth-order valence-electron chi connectivity index (χ4n) is 0.989. The zero-order valence-electron chi connectivity index (χ0n) is 7.64. The van der Waals surface area contributed by atoms with Gasteiger partial charge in [-0.25, -0.2) is 0 Å². The third-order valence-electron chi connectivity index (χ3n) is 1.75. The van der Waals surface area contributed by atoms with Crippen molar-refractivity contribution < 1.29 is 14.8 Å². The highest BCUT2D eigenvalue weighted by Crippen LogP contribution is 2.13. The van der Waals surface area contributed by atoms with E-state index in [9.17, 15) is 9.59 Å². The maximum absolute atomic E-state index is 10.5. The van der Waals surface area contributed by atoms with E-state index >= 15 is 0 Å². The summed E-state index contributed by atoms with van der Waals surface area (Å²) in [5.74, 6) is -1.30. The van der Waals surface area contributed by atoms with Crippen molar-refractivity contribution in [1.29, 1.82) is 0 Å². The lowest BCUT2D eigenvalue weighted by Gasteiger charge is -1.98. The van der Waals surface area contributed by atoms with Crippen LogP contribution in [0.4, 0.5) is 0 Å². The minimum atomic E-state index is -0.694. The van der Waals surface area contributed by atoms with Gasteiger partial charge in [0.2, 0.25) is 0 Å². The molecule has 1 heterocycles. The second-order valence-electron chi connectivity index (χ2n) is 2.88. The average Bonchev–Trinajstić information content (AvgIpc) is 2.78. The zero-order valence-corrected chi connectivity index (χ0v) is 7.64. The standard InChI is InChI=1S/C5H5NO3.C5H6/c1-3-2-4(7)6(9)5(3)8;1-2-4-5-3-1/h9H,1-2H2;1-4H,5H2. The molecule has 0 aromatic carbocycles. The van der Waals surface area contributed by atoms with E-state index in [0.29, 0.717) is 0 Å². The Bertz CT molecular complexity index is 318. The molecule has 4 nitrogen and oxygen atoms in total. The molecule has 0 saturated carbocycles. The van der Waals surface area contributed by atoms with Crippen molar-refractivity contribution in [3.8, 4) is 0 Å². The first kappa shape index (κ1) is 10.4. The summed E-state index contributed by atoms with van der Waals surface area (Å²) in [7, 11) is 0. The molecule has 14 heavy (non-hydrogen) atoms. The van der Waals surface area contributed by atoms with Gasteiger partial charge in [-0.05, 0) is 6.42 Å². The van der Waals surface area contributed by atoms with Crippen LogP contribution in [-0.4, -0.2) is 22.1 Å². The molecule has 2 amide bonds. The normalized spacial score (nSPS) is 18.9. The molecule has 0 aromatic heterocycles. The fourth-order valence-corrected chi connectivity index (χ4v) is 0.989. The Hall–Kier alpha value is -1.68. The van der Waals surface area contributed by atoms with Gasteiger partial charge < -0.3 is 0 Å². The maximum atomic E-state index is 10.5. The van der Waals surface area contributed by atoms with Crippen molar-refractivity contribution in [3.63, 3.8) is 0 Å². The summed E-state index contributed by atoms with van der Waals surface area (Å²) in [6.07, 6.45) is 9.44.